The molecule has 0 aliphatic carbocycles. The molecule has 166 valence electrons. The van der Waals surface area contributed by atoms with Crippen LogP contribution in [0.25, 0.3) is 0 Å². The third kappa shape index (κ3) is 8.97. The van der Waals surface area contributed by atoms with Crippen LogP contribution in [0.5, 0.6) is 0 Å². The summed E-state index contributed by atoms with van der Waals surface area (Å²) in [5.74, 6) is 2.86. The Morgan fingerprint density at radius 1 is 1.28 bits per heavy atom. The zero-order chi connectivity index (χ0) is 20.4. The van der Waals surface area contributed by atoms with Crippen molar-refractivity contribution in [2.75, 3.05) is 26.2 Å². The molecular formula is C22H39IN4O2. The second kappa shape index (κ2) is 13.9. The fraction of sp³-hybridized carbons (Fsp3) is 0.727. The Morgan fingerprint density at radius 2 is 1.97 bits per heavy atom. The van der Waals surface area contributed by atoms with Crippen LogP contribution in [0.3, 0.4) is 0 Å². The minimum Gasteiger partial charge on any atom is -0.469 e. The maximum absolute atomic E-state index is 12.6. The maximum Gasteiger partial charge on any atom is 0.225 e. The lowest BCUT2D eigenvalue weighted by Gasteiger charge is -2.35. The van der Waals surface area contributed by atoms with Crippen LogP contribution in [0.2, 0.25) is 0 Å². The van der Waals surface area contributed by atoms with Crippen molar-refractivity contribution < 1.29 is 9.21 Å². The van der Waals surface area contributed by atoms with E-state index in [0.717, 1.165) is 70.0 Å². The molecule has 1 aromatic heterocycles. The first-order valence-corrected chi connectivity index (χ1v) is 10.9. The topological polar surface area (TPSA) is 69.9 Å². The van der Waals surface area contributed by atoms with E-state index >= 15 is 0 Å². The van der Waals surface area contributed by atoms with Crippen LogP contribution >= 0.6 is 24.0 Å². The van der Waals surface area contributed by atoms with E-state index in [0.29, 0.717) is 17.9 Å². The van der Waals surface area contributed by atoms with E-state index in [-0.39, 0.29) is 29.9 Å². The van der Waals surface area contributed by atoms with E-state index in [1.165, 1.54) is 0 Å². The first kappa shape index (κ1) is 25.8. The molecule has 1 aliphatic rings. The number of guanidine groups is 1. The van der Waals surface area contributed by atoms with Gasteiger partial charge in [-0.3, -0.25) is 9.79 Å². The predicted octanol–water partition coefficient (Wildman–Crippen LogP) is 4.06. The van der Waals surface area contributed by atoms with Crippen LogP contribution in [0.1, 0.15) is 59.1 Å². The van der Waals surface area contributed by atoms with Crippen molar-refractivity contribution in [1.82, 2.24) is 15.5 Å². The van der Waals surface area contributed by atoms with E-state index in [4.69, 9.17) is 9.41 Å². The summed E-state index contributed by atoms with van der Waals surface area (Å²) in [4.78, 5) is 19.4. The average molecular weight is 518 g/mol. The molecule has 6 nitrogen and oxygen atoms in total. The zero-order valence-electron chi connectivity index (χ0n) is 18.4. The third-order valence-corrected chi connectivity index (χ3v) is 5.34. The van der Waals surface area contributed by atoms with Crippen LogP contribution in [-0.4, -0.2) is 49.0 Å². The van der Waals surface area contributed by atoms with E-state index in [1.807, 2.05) is 17.0 Å². The summed E-state index contributed by atoms with van der Waals surface area (Å²) < 4.78 is 5.40. The lowest BCUT2D eigenvalue weighted by Crippen LogP contribution is -2.51. The molecule has 2 rings (SSSR count). The molecule has 0 spiro atoms. The highest BCUT2D eigenvalue weighted by atomic mass is 127. The van der Waals surface area contributed by atoms with Crippen molar-refractivity contribution in [3.63, 3.8) is 0 Å². The SMILES string of the molecule is CCC(CC)C(=O)N1CCC(NC(=NCC(C)C)NCCc2ccco2)CC1.I. The van der Waals surface area contributed by atoms with Gasteiger partial charge in [0.2, 0.25) is 5.91 Å². The van der Waals surface area contributed by atoms with Gasteiger partial charge in [0.05, 0.1) is 6.26 Å². The van der Waals surface area contributed by atoms with Crippen molar-refractivity contribution in [2.45, 2.75) is 65.8 Å². The Bertz CT molecular complexity index is 592. The smallest absolute Gasteiger partial charge is 0.225 e. The van der Waals surface area contributed by atoms with Crippen molar-refractivity contribution in [3.05, 3.63) is 24.2 Å². The standard InChI is InChI=1S/C22H38N4O2.HI/c1-5-18(6-2)21(27)26-13-10-19(11-14-26)25-22(24-16-17(3)4)23-12-9-20-8-7-15-28-20;/h7-8,15,17-19H,5-6,9-14,16H2,1-4H3,(H2,23,24,25);1H. The molecule has 0 atom stereocenters. The minimum absolute atomic E-state index is 0. The summed E-state index contributed by atoms with van der Waals surface area (Å²) in [6, 6.07) is 4.26. The summed E-state index contributed by atoms with van der Waals surface area (Å²) in [7, 11) is 0. The second-order valence-electron chi connectivity index (χ2n) is 8.10. The quantitative estimate of drug-likeness (QED) is 0.294. The summed E-state index contributed by atoms with van der Waals surface area (Å²) in [6.45, 7) is 11.8. The van der Waals surface area contributed by atoms with Crippen LogP contribution in [-0.2, 0) is 11.2 Å². The number of hydrogen-bond donors (Lipinski definition) is 2. The lowest BCUT2D eigenvalue weighted by atomic mass is 9.98. The van der Waals surface area contributed by atoms with Gasteiger partial charge in [-0.05, 0) is 43.7 Å². The van der Waals surface area contributed by atoms with Crippen molar-refractivity contribution in [2.24, 2.45) is 16.8 Å². The molecule has 1 aromatic rings. The Labute approximate surface area is 193 Å². The molecule has 1 aliphatic heterocycles. The fourth-order valence-corrected chi connectivity index (χ4v) is 3.52. The highest BCUT2D eigenvalue weighted by Gasteiger charge is 2.26. The normalized spacial score (nSPS) is 15.5. The van der Waals surface area contributed by atoms with Crippen molar-refractivity contribution >= 4 is 35.8 Å². The number of piperidine rings is 1. The van der Waals surface area contributed by atoms with Gasteiger partial charge in [0.25, 0.3) is 0 Å². The van der Waals surface area contributed by atoms with Gasteiger partial charge in [0.1, 0.15) is 5.76 Å². The monoisotopic (exact) mass is 518 g/mol. The zero-order valence-corrected chi connectivity index (χ0v) is 20.8. The number of nitrogens with one attached hydrogen (secondary N) is 2. The van der Waals surface area contributed by atoms with Gasteiger partial charge in [-0.25, -0.2) is 0 Å². The Hall–Kier alpha value is -1.25. The van der Waals surface area contributed by atoms with Gasteiger partial charge in [-0.15, -0.1) is 24.0 Å². The number of likely N-dealkylation sites (tertiary alicyclic amines) is 1. The fourth-order valence-electron chi connectivity index (χ4n) is 3.52. The number of carbonyl (C=O) groups is 1. The molecule has 29 heavy (non-hydrogen) atoms. The number of nitrogens with zero attached hydrogens (tertiary/aromatic N) is 2. The molecule has 2 heterocycles. The van der Waals surface area contributed by atoms with Gasteiger partial charge < -0.3 is 20.0 Å². The number of halogens is 1. The van der Waals surface area contributed by atoms with Crippen LogP contribution in [0.15, 0.2) is 27.8 Å². The van der Waals surface area contributed by atoms with Gasteiger partial charge in [0, 0.05) is 44.6 Å². The Morgan fingerprint density at radius 3 is 2.52 bits per heavy atom. The molecule has 0 saturated carbocycles. The lowest BCUT2D eigenvalue weighted by molar-refractivity contribution is -0.136. The number of aliphatic imine (C=N–C) groups is 1. The Kier molecular flexibility index (Phi) is 12.3. The van der Waals surface area contributed by atoms with E-state index in [1.54, 1.807) is 6.26 Å². The minimum atomic E-state index is 0. The van der Waals surface area contributed by atoms with Crippen LogP contribution in [0.4, 0.5) is 0 Å². The largest absolute Gasteiger partial charge is 0.469 e. The first-order chi connectivity index (χ1) is 13.5. The number of furan rings is 1. The second-order valence-corrected chi connectivity index (χ2v) is 8.10. The van der Waals surface area contributed by atoms with E-state index in [9.17, 15) is 4.79 Å². The predicted molar refractivity (Wildman–Crippen MR) is 130 cm³/mol. The number of hydrogen-bond acceptors (Lipinski definition) is 3. The molecule has 1 fully saturated rings. The summed E-state index contributed by atoms with van der Waals surface area (Å²) >= 11 is 0. The van der Waals surface area contributed by atoms with Crippen LogP contribution < -0.4 is 10.6 Å². The number of carbonyl (C=O) groups excluding carboxylic acids is 1. The summed E-state index contributed by atoms with van der Waals surface area (Å²) in [5.41, 5.74) is 0. The molecular weight excluding hydrogens is 479 g/mol. The van der Waals surface area contributed by atoms with Gasteiger partial charge in [-0.2, -0.15) is 0 Å². The van der Waals surface area contributed by atoms with Crippen LogP contribution in [0, 0.1) is 11.8 Å². The molecule has 1 saturated heterocycles. The average Bonchev–Trinajstić information content (AvgIpc) is 3.21. The van der Waals surface area contributed by atoms with Crippen molar-refractivity contribution in [1.29, 1.82) is 0 Å². The summed E-state index contributed by atoms with van der Waals surface area (Å²) in [6.07, 6.45) is 6.33. The van der Waals surface area contributed by atoms with Gasteiger partial charge >= 0.3 is 0 Å². The molecule has 2 N–H and O–H groups in total. The number of rotatable bonds is 9. The third-order valence-electron chi connectivity index (χ3n) is 5.34. The summed E-state index contributed by atoms with van der Waals surface area (Å²) in [5, 5.41) is 7.01. The number of amides is 1. The molecule has 0 radical (unpaired) electrons. The van der Waals surface area contributed by atoms with Crippen molar-refractivity contribution in [3.8, 4) is 0 Å². The Balaban J connectivity index is 0.00000420. The van der Waals surface area contributed by atoms with Gasteiger partial charge in [0.15, 0.2) is 5.96 Å². The molecule has 7 heteroatoms. The molecule has 1 amide bonds. The molecule has 0 bridgehead atoms. The highest BCUT2D eigenvalue weighted by Crippen LogP contribution is 2.17. The highest BCUT2D eigenvalue weighted by molar-refractivity contribution is 14.0. The van der Waals surface area contributed by atoms with Gasteiger partial charge in [-0.1, -0.05) is 27.7 Å². The first-order valence-electron chi connectivity index (χ1n) is 10.9. The molecule has 0 unspecified atom stereocenters. The van der Waals surface area contributed by atoms with E-state index in [2.05, 4.69) is 38.3 Å². The molecule has 0 aromatic carbocycles. The maximum atomic E-state index is 12.6. The van der Waals surface area contributed by atoms with E-state index < -0.39 is 0 Å².